The lowest BCUT2D eigenvalue weighted by atomic mass is 9.99. The summed E-state index contributed by atoms with van der Waals surface area (Å²) in [6.07, 6.45) is 2.12. The van der Waals surface area contributed by atoms with E-state index in [1.807, 2.05) is 35.2 Å². The molecule has 4 rings (SSSR count). The van der Waals surface area contributed by atoms with Gasteiger partial charge in [-0.25, -0.2) is 4.98 Å². The van der Waals surface area contributed by atoms with Gasteiger partial charge >= 0.3 is 0 Å². The average molecular weight is 382 g/mol. The normalized spacial score (nSPS) is 22.5. The second-order valence-corrected chi connectivity index (χ2v) is 7.72. The zero-order chi connectivity index (χ0) is 19.7. The van der Waals surface area contributed by atoms with Gasteiger partial charge < -0.3 is 20.0 Å². The van der Waals surface area contributed by atoms with E-state index >= 15 is 0 Å². The SMILES string of the molecule is CC(=O)N1C[C@H](N)CC[C@H](C(=O)N2CCc3oc(-c4ccccc4)nc3C2)C1. The number of likely N-dealkylation sites (tertiary alicyclic amines) is 1. The van der Waals surface area contributed by atoms with E-state index < -0.39 is 0 Å². The Labute approximate surface area is 164 Å². The topological polar surface area (TPSA) is 92.7 Å². The summed E-state index contributed by atoms with van der Waals surface area (Å²) in [6, 6.07) is 9.71. The van der Waals surface area contributed by atoms with Crippen molar-refractivity contribution in [3.8, 4) is 11.5 Å². The Bertz CT molecular complexity index is 864. The van der Waals surface area contributed by atoms with E-state index in [-0.39, 0.29) is 23.8 Å². The van der Waals surface area contributed by atoms with Crippen molar-refractivity contribution >= 4 is 11.8 Å². The highest BCUT2D eigenvalue weighted by Crippen LogP contribution is 2.28. The van der Waals surface area contributed by atoms with Crippen molar-refractivity contribution < 1.29 is 14.0 Å². The first-order valence-electron chi connectivity index (χ1n) is 9.85. The van der Waals surface area contributed by atoms with E-state index in [4.69, 9.17) is 10.2 Å². The summed E-state index contributed by atoms with van der Waals surface area (Å²) >= 11 is 0. The van der Waals surface area contributed by atoms with Crippen LogP contribution in [0.25, 0.3) is 11.5 Å². The van der Waals surface area contributed by atoms with Crippen LogP contribution in [-0.4, -0.2) is 52.3 Å². The largest absolute Gasteiger partial charge is 0.441 e. The zero-order valence-corrected chi connectivity index (χ0v) is 16.1. The van der Waals surface area contributed by atoms with Gasteiger partial charge in [0.25, 0.3) is 0 Å². The number of aromatic nitrogens is 1. The van der Waals surface area contributed by atoms with Crippen LogP contribution in [0.5, 0.6) is 0 Å². The molecule has 7 heteroatoms. The van der Waals surface area contributed by atoms with E-state index in [1.165, 1.54) is 6.92 Å². The quantitative estimate of drug-likeness (QED) is 0.855. The third-order valence-corrected chi connectivity index (χ3v) is 5.64. The van der Waals surface area contributed by atoms with Crippen LogP contribution >= 0.6 is 0 Å². The average Bonchev–Trinajstić information content (AvgIpc) is 3.03. The summed E-state index contributed by atoms with van der Waals surface area (Å²) in [5.41, 5.74) is 7.84. The molecule has 1 aromatic carbocycles. The van der Waals surface area contributed by atoms with E-state index in [0.717, 1.165) is 23.4 Å². The first-order chi connectivity index (χ1) is 13.5. The minimum atomic E-state index is -0.209. The monoisotopic (exact) mass is 382 g/mol. The molecule has 0 aliphatic carbocycles. The Morgan fingerprint density at radius 3 is 2.68 bits per heavy atom. The predicted octanol–water partition coefficient (Wildman–Crippen LogP) is 1.81. The lowest BCUT2D eigenvalue weighted by Crippen LogP contribution is -2.44. The molecule has 148 valence electrons. The summed E-state index contributed by atoms with van der Waals surface area (Å²) in [5, 5.41) is 0. The number of hydrogen-bond donors (Lipinski definition) is 1. The van der Waals surface area contributed by atoms with Crippen molar-refractivity contribution in [3.63, 3.8) is 0 Å². The maximum atomic E-state index is 13.2. The molecular formula is C21H26N4O3. The first-order valence-corrected chi connectivity index (χ1v) is 9.85. The number of oxazole rings is 1. The van der Waals surface area contributed by atoms with Crippen LogP contribution in [0.4, 0.5) is 0 Å². The van der Waals surface area contributed by atoms with Gasteiger partial charge in [0.1, 0.15) is 11.5 Å². The Balaban J connectivity index is 1.48. The fourth-order valence-electron chi connectivity index (χ4n) is 4.03. The number of amides is 2. The molecule has 3 heterocycles. The number of nitrogens with two attached hydrogens (primary N) is 1. The van der Waals surface area contributed by atoms with Crippen molar-refractivity contribution in [1.29, 1.82) is 0 Å². The Hall–Kier alpha value is -2.67. The molecule has 2 aliphatic heterocycles. The van der Waals surface area contributed by atoms with E-state index in [1.54, 1.807) is 4.90 Å². The molecule has 2 aliphatic rings. The molecule has 0 bridgehead atoms. The molecular weight excluding hydrogens is 356 g/mol. The molecule has 0 saturated carbocycles. The molecule has 2 aromatic rings. The number of rotatable bonds is 2. The highest BCUT2D eigenvalue weighted by atomic mass is 16.4. The van der Waals surface area contributed by atoms with Crippen molar-refractivity contribution in [1.82, 2.24) is 14.8 Å². The Morgan fingerprint density at radius 2 is 1.93 bits per heavy atom. The number of benzene rings is 1. The molecule has 2 amide bonds. The number of carbonyl (C=O) groups is 2. The molecule has 2 N–H and O–H groups in total. The van der Waals surface area contributed by atoms with Crippen LogP contribution in [0.1, 0.15) is 31.2 Å². The van der Waals surface area contributed by atoms with Gasteiger partial charge in [-0.05, 0) is 25.0 Å². The molecule has 0 radical (unpaired) electrons. The van der Waals surface area contributed by atoms with Crippen LogP contribution < -0.4 is 5.73 Å². The van der Waals surface area contributed by atoms with E-state index in [0.29, 0.717) is 44.9 Å². The fourth-order valence-corrected chi connectivity index (χ4v) is 4.03. The van der Waals surface area contributed by atoms with Crippen molar-refractivity contribution in [3.05, 3.63) is 41.8 Å². The Kier molecular flexibility index (Phi) is 5.17. The highest BCUT2D eigenvalue weighted by Gasteiger charge is 2.33. The highest BCUT2D eigenvalue weighted by molar-refractivity contribution is 5.81. The second-order valence-electron chi connectivity index (χ2n) is 7.72. The molecule has 7 nitrogen and oxygen atoms in total. The summed E-state index contributed by atoms with van der Waals surface area (Å²) in [7, 11) is 0. The van der Waals surface area contributed by atoms with Gasteiger partial charge in [-0.15, -0.1) is 0 Å². The van der Waals surface area contributed by atoms with Gasteiger partial charge in [0.15, 0.2) is 0 Å². The van der Waals surface area contributed by atoms with E-state index in [9.17, 15) is 9.59 Å². The van der Waals surface area contributed by atoms with Crippen molar-refractivity contribution in [2.24, 2.45) is 11.7 Å². The minimum absolute atomic E-state index is 0.0277. The number of carbonyl (C=O) groups excluding carboxylic acids is 2. The van der Waals surface area contributed by atoms with Gasteiger partial charge in [-0.1, -0.05) is 18.2 Å². The smallest absolute Gasteiger partial charge is 0.227 e. The summed E-state index contributed by atoms with van der Waals surface area (Å²) in [6.45, 7) is 3.56. The predicted molar refractivity (Wildman–Crippen MR) is 104 cm³/mol. The number of nitrogens with zero attached hydrogens (tertiary/aromatic N) is 3. The fraction of sp³-hybridized carbons (Fsp3) is 0.476. The third-order valence-electron chi connectivity index (χ3n) is 5.64. The van der Waals surface area contributed by atoms with E-state index in [2.05, 4.69) is 4.98 Å². The van der Waals surface area contributed by atoms with Crippen molar-refractivity contribution in [2.45, 2.75) is 38.8 Å². The summed E-state index contributed by atoms with van der Waals surface area (Å²) in [5.74, 6) is 1.30. The number of fused-ring (bicyclic) bond motifs is 1. The molecule has 2 atom stereocenters. The Morgan fingerprint density at radius 1 is 1.14 bits per heavy atom. The molecule has 1 aromatic heterocycles. The molecule has 0 spiro atoms. The zero-order valence-electron chi connectivity index (χ0n) is 16.1. The summed E-state index contributed by atoms with van der Waals surface area (Å²) < 4.78 is 5.93. The maximum absolute atomic E-state index is 13.2. The third kappa shape index (κ3) is 3.80. The second kappa shape index (κ2) is 7.75. The molecule has 1 saturated heterocycles. The van der Waals surface area contributed by atoms with Gasteiger partial charge in [0, 0.05) is 44.6 Å². The molecule has 0 unspecified atom stereocenters. The summed E-state index contributed by atoms with van der Waals surface area (Å²) in [4.78, 5) is 33.2. The van der Waals surface area contributed by atoms with Crippen LogP contribution in [0.2, 0.25) is 0 Å². The van der Waals surface area contributed by atoms with Gasteiger partial charge in [-0.3, -0.25) is 9.59 Å². The maximum Gasteiger partial charge on any atom is 0.227 e. The van der Waals surface area contributed by atoms with Crippen LogP contribution in [0, 0.1) is 5.92 Å². The van der Waals surface area contributed by atoms with Gasteiger partial charge in [0.2, 0.25) is 17.7 Å². The molecule has 1 fully saturated rings. The van der Waals surface area contributed by atoms with Crippen LogP contribution in [0.3, 0.4) is 0 Å². The van der Waals surface area contributed by atoms with Crippen LogP contribution in [-0.2, 0) is 22.6 Å². The van der Waals surface area contributed by atoms with Crippen molar-refractivity contribution in [2.75, 3.05) is 19.6 Å². The minimum Gasteiger partial charge on any atom is -0.441 e. The lowest BCUT2D eigenvalue weighted by molar-refractivity contribution is -0.138. The van der Waals surface area contributed by atoms with Crippen LogP contribution in [0.15, 0.2) is 34.7 Å². The lowest BCUT2D eigenvalue weighted by Gasteiger charge is -2.30. The standard InChI is InChI=1S/C21H26N4O3/c1-14(26)25-11-16(7-8-17(22)12-25)21(27)24-10-9-19-18(13-24)23-20(28-19)15-5-3-2-4-6-15/h2-6,16-17H,7-13,22H2,1H3/t16-,17+/m0/s1. The first kappa shape index (κ1) is 18.7. The van der Waals surface area contributed by atoms with Gasteiger partial charge in [0.05, 0.1) is 12.5 Å². The number of hydrogen-bond acceptors (Lipinski definition) is 5. The molecule has 28 heavy (non-hydrogen) atoms. The van der Waals surface area contributed by atoms with Gasteiger partial charge in [-0.2, -0.15) is 0 Å².